The summed E-state index contributed by atoms with van der Waals surface area (Å²) >= 11 is 6.73. The van der Waals surface area contributed by atoms with Crippen LogP contribution in [-0.4, -0.2) is 43.5 Å². The van der Waals surface area contributed by atoms with Crippen molar-refractivity contribution in [1.82, 2.24) is 10.6 Å². The minimum Gasteiger partial charge on any atom is -0.462 e. The minimum atomic E-state index is -0.318. The molecule has 7 nitrogen and oxygen atoms in total. The number of carbonyl (C=O) groups excluding carboxylic acids is 3. The fraction of sp³-hybridized carbons (Fsp3) is 0.500. The van der Waals surface area contributed by atoms with Crippen molar-refractivity contribution in [3.05, 3.63) is 26.6 Å². The molecule has 1 unspecified atom stereocenters. The number of nitrogens with one attached hydrogen (secondary N) is 3. The molecule has 0 radical (unpaired) electrons. The van der Waals surface area contributed by atoms with E-state index in [2.05, 4.69) is 52.5 Å². The van der Waals surface area contributed by atoms with Crippen LogP contribution in [0.15, 0.2) is 21.1 Å². The lowest BCUT2D eigenvalue weighted by atomic mass is 10.1. The van der Waals surface area contributed by atoms with E-state index in [1.807, 2.05) is 20.8 Å². The molecule has 27 heavy (non-hydrogen) atoms. The molecule has 1 atom stereocenters. The Hall–Kier alpha value is -1.45. The fourth-order valence-electron chi connectivity index (χ4n) is 2.28. The quantitative estimate of drug-likeness (QED) is 0.545. The molecular formula is C18H25Br2N3O4. The number of anilines is 1. The van der Waals surface area contributed by atoms with Crippen molar-refractivity contribution in [2.24, 2.45) is 0 Å². The van der Waals surface area contributed by atoms with Gasteiger partial charge >= 0.3 is 0 Å². The first-order chi connectivity index (χ1) is 12.6. The fourth-order valence-corrected chi connectivity index (χ4v) is 3.60. The summed E-state index contributed by atoms with van der Waals surface area (Å²) in [6.07, 6.45) is 1.80. The first kappa shape index (κ1) is 23.6. The van der Waals surface area contributed by atoms with Gasteiger partial charge in [0.05, 0.1) is 17.3 Å². The summed E-state index contributed by atoms with van der Waals surface area (Å²) in [5.41, 5.74) is 0.591. The molecule has 0 aliphatic carbocycles. The van der Waals surface area contributed by atoms with Gasteiger partial charge in [0, 0.05) is 16.0 Å². The van der Waals surface area contributed by atoms with Crippen molar-refractivity contribution in [3.8, 4) is 0 Å². The van der Waals surface area contributed by atoms with Gasteiger partial charge in [-0.05, 0) is 68.2 Å². The monoisotopic (exact) mass is 505 g/mol. The smallest absolute Gasteiger partial charge is 0.293 e. The van der Waals surface area contributed by atoms with Gasteiger partial charge in [0.2, 0.25) is 5.91 Å². The van der Waals surface area contributed by atoms with Gasteiger partial charge in [-0.3, -0.25) is 14.4 Å². The summed E-state index contributed by atoms with van der Waals surface area (Å²) in [6.45, 7) is 6.77. The van der Waals surface area contributed by atoms with Crippen LogP contribution in [-0.2, 0) is 14.3 Å². The van der Waals surface area contributed by atoms with E-state index in [0.717, 1.165) is 23.9 Å². The van der Waals surface area contributed by atoms with Crippen molar-refractivity contribution >= 4 is 55.8 Å². The molecule has 0 aromatic heterocycles. The number of carbonyl (C=O) groups is 3. The van der Waals surface area contributed by atoms with Gasteiger partial charge in [0.15, 0.2) is 0 Å². The number of hydrogen-bond donors (Lipinski definition) is 3. The van der Waals surface area contributed by atoms with Crippen molar-refractivity contribution in [3.63, 3.8) is 0 Å². The van der Waals surface area contributed by atoms with E-state index in [9.17, 15) is 14.4 Å². The lowest BCUT2D eigenvalue weighted by molar-refractivity contribution is -0.138. The lowest BCUT2D eigenvalue weighted by Crippen LogP contribution is -2.36. The first-order valence-electron chi connectivity index (χ1n) is 8.46. The van der Waals surface area contributed by atoms with Crippen LogP contribution in [0.25, 0.3) is 0 Å². The summed E-state index contributed by atoms with van der Waals surface area (Å²) in [5.74, 6) is -0.364. The second-order valence-electron chi connectivity index (χ2n) is 6.85. The van der Waals surface area contributed by atoms with Gasteiger partial charge < -0.3 is 20.7 Å². The molecule has 1 aromatic carbocycles. The van der Waals surface area contributed by atoms with Crippen molar-refractivity contribution in [2.75, 3.05) is 18.9 Å². The summed E-state index contributed by atoms with van der Waals surface area (Å²) in [7, 11) is 1.56. The average Bonchev–Trinajstić information content (AvgIpc) is 3.10. The first-order valence-corrected chi connectivity index (χ1v) is 10.0. The summed E-state index contributed by atoms with van der Waals surface area (Å²) in [6, 6.07) is 3.29. The van der Waals surface area contributed by atoms with Crippen LogP contribution in [0.5, 0.6) is 0 Å². The van der Waals surface area contributed by atoms with Crippen LogP contribution >= 0.6 is 31.9 Å². The average molecular weight is 507 g/mol. The van der Waals surface area contributed by atoms with Gasteiger partial charge in [-0.15, -0.1) is 0 Å². The highest BCUT2D eigenvalue weighted by atomic mass is 79.9. The van der Waals surface area contributed by atoms with E-state index < -0.39 is 0 Å². The highest BCUT2D eigenvalue weighted by Crippen LogP contribution is 2.31. The third-order valence-corrected chi connectivity index (χ3v) is 4.64. The molecule has 0 saturated carbocycles. The second-order valence-corrected chi connectivity index (χ2v) is 8.62. The Morgan fingerprint density at radius 3 is 2.41 bits per heavy atom. The van der Waals surface area contributed by atoms with Crippen LogP contribution in [0.2, 0.25) is 0 Å². The van der Waals surface area contributed by atoms with E-state index in [4.69, 9.17) is 0 Å². The van der Waals surface area contributed by atoms with Crippen molar-refractivity contribution in [1.29, 1.82) is 0 Å². The normalized spacial score (nSPS) is 16.0. The van der Waals surface area contributed by atoms with E-state index in [1.165, 1.54) is 0 Å². The topological polar surface area (TPSA) is 96.5 Å². The molecule has 3 N–H and O–H groups in total. The molecular weight excluding hydrogens is 482 g/mol. The molecule has 150 valence electrons. The van der Waals surface area contributed by atoms with Gasteiger partial charge in [-0.25, -0.2) is 0 Å². The van der Waals surface area contributed by atoms with E-state index in [1.54, 1.807) is 19.2 Å². The lowest BCUT2D eigenvalue weighted by Gasteiger charge is -2.16. The minimum absolute atomic E-state index is 0.115. The standard InChI is InChI=1S/C13H15Br2N3O2.C5H10O2/c1-16-12(19)8-5-7(14)6-9(15)11(8)18-13(20)10-3-2-4-17-10;1-5(2,3)7-4-6/h5-6,10,17H,2-4H2,1H3,(H,16,19)(H,18,20);4H,1-3H3. The van der Waals surface area contributed by atoms with Crippen LogP contribution in [0.1, 0.15) is 44.0 Å². The van der Waals surface area contributed by atoms with Crippen molar-refractivity contribution < 1.29 is 19.1 Å². The van der Waals surface area contributed by atoms with Crippen LogP contribution in [0, 0.1) is 0 Å². The predicted molar refractivity (Wildman–Crippen MR) is 112 cm³/mol. The SMILES string of the molecule is CC(C)(C)OC=O.CNC(=O)c1cc(Br)cc(Br)c1NC(=O)C1CCCN1. The summed E-state index contributed by atoms with van der Waals surface area (Å²) < 4.78 is 5.98. The Morgan fingerprint density at radius 1 is 1.30 bits per heavy atom. The highest BCUT2D eigenvalue weighted by Gasteiger charge is 2.24. The number of ether oxygens (including phenoxy) is 1. The molecule has 0 bridgehead atoms. The van der Waals surface area contributed by atoms with Crippen LogP contribution < -0.4 is 16.0 Å². The zero-order chi connectivity index (χ0) is 20.6. The van der Waals surface area contributed by atoms with E-state index in [0.29, 0.717) is 22.2 Å². The zero-order valence-corrected chi connectivity index (χ0v) is 19.0. The van der Waals surface area contributed by atoms with Gasteiger partial charge in [-0.2, -0.15) is 0 Å². The number of rotatable bonds is 4. The number of hydrogen-bond acceptors (Lipinski definition) is 5. The maximum Gasteiger partial charge on any atom is 0.293 e. The largest absolute Gasteiger partial charge is 0.462 e. The Balaban J connectivity index is 0.000000445. The Morgan fingerprint density at radius 2 is 1.96 bits per heavy atom. The maximum atomic E-state index is 12.2. The molecule has 2 rings (SSSR count). The zero-order valence-electron chi connectivity index (χ0n) is 15.8. The molecule has 9 heteroatoms. The van der Waals surface area contributed by atoms with E-state index >= 15 is 0 Å². The second kappa shape index (κ2) is 10.8. The third kappa shape index (κ3) is 7.98. The molecule has 1 fully saturated rings. The number of halogens is 2. The molecule has 2 amide bonds. The molecule has 1 heterocycles. The highest BCUT2D eigenvalue weighted by molar-refractivity contribution is 9.11. The molecule has 0 spiro atoms. The number of benzene rings is 1. The van der Waals surface area contributed by atoms with Gasteiger partial charge in [-0.1, -0.05) is 15.9 Å². The third-order valence-electron chi connectivity index (χ3n) is 3.55. The molecule has 1 aliphatic rings. The Labute approximate surface area is 176 Å². The van der Waals surface area contributed by atoms with Gasteiger partial charge in [0.25, 0.3) is 12.4 Å². The van der Waals surface area contributed by atoms with Crippen LogP contribution in [0.3, 0.4) is 0 Å². The maximum absolute atomic E-state index is 12.2. The van der Waals surface area contributed by atoms with Crippen molar-refractivity contribution in [2.45, 2.75) is 45.3 Å². The predicted octanol–water partition coefficient (Wildman–Crippen LogP) is 3.22. The number of amides is 2. The Kier molecular flexibility index (Phi) is 9.41. The summed E-state index contributed by atoms with van der Waals surface area (Å²) in [4.78, 5) is 33.7. The Bertz CT molecular complexity index is 684. The molecule has 1 aromatic rings. The van der Waals surface area contributed by atoms with Crippen LogP contribution in [0.4, 0.5) is 5.69 Å². The molecule has 1 saturated heterocycles. The summed E-state index contributed by atoms with van der Waals surface area (Å²) in [5, 5.41) is 8.54. The van der Waals surface area contributed by atoms with E-state index in [-0.39, 0.29) is 23.5 Å². The van der Waals surface area contributed by atoms with Gasteiger partial charge in [0.1, 0.15) is 5.60 Å². The molecule has 1 aliphatic heterocycles.